The summed E-state index contributed by atoms with van der Waals surface area (Å²) in [5.74, 6) is -0.221. The maximum absolute atomic E-state index is 11.9. The fourth-order valence-electron chi connectivity index (χ4n) is 1.88. The van der Waals surface area contributed by atoms with Gasteiger partial charge in [0.25, 0.3) is 11.5 Å². The molecule has 0 unspecified atom stereocenters. The summed E-state index contributed by atoms with van der Waals surface area (Å²) in [7, 11) is 0. The van der Waals surface area contributed by atoms with Gasteiger partial charge in [-0.05, 0) is 37.6 Å². The van der Waals surface area contributed by atoms with Crippen LogP contribution in [-0.4, -0.2) is 15.9 Å². The van der Waals surface area contributed by atoms with Gasteiger partial charge in [-0.15, -0.1) is 0 Å². The van der Waals surface area contributed by atoms with Crippen molar-refractivity contribution in [2.75, 3.05) is 0 Å². The van der Waals surface area contributed by atoms with Gasteiger partial charge >= 0.3 is 0 Å². The van der Waals surface area contributed by atoms with Gasteiger partial charge in [-0.2, -0.15) is 0 Å². The number of hydrogen-bond donors (Lipinski definition) is 2. The Labute approximate surface area is 110 Å². The molecule has 2 heterocycles. The van der Waals surface area contributed by atoms with Crippen molar-refractivity contribution in [3.63, 3.8) is 0 Å². The maximum Gasteiger partial charge on any atom is 0.253 e. The van der Waals surface area contributed by atoms with Crippen LogP contribution >= 0.6 is 0 Å². The zero-order valence-corrected chi connectivity index (χ0v) is 10.9. The van der Waals surface area contributed by atoms with Gasteiger partial charge in [0.15, 0.2) is 0 Å². The predicted octanol–water partition coefficient (Wildman–Crippen LogP) is 1.32. The Morgan fingerprint density at radius 2 is 2.00 bits per heavy atom. The molecule has 0 spiro atoms. The SMILES string of the molecule is Cc1cc(C)c(CNC(=O)c2ccncc2)c(=O)[nH]1. The molecule has 0 saturated carbocycles. The molecule has 0 atom stereocenters. The molecule has 0 fully saturated rings. The van der Waals surface area contributed by atoms with Gasteiger partial charge in [0.05, 0.1) is 0 Å². The molecule has 2 N–H and O–H groups in total. The Morgan fingerprint density at radius 1 is 1.32 bits per heavy atom. The lowest BCUT2D eigenvalue weighted by molar-refractivity contribution is 0.0950. The van der Waals surface area contributed by atoms with Crippen molar-refractivity contribution in [1.29, 1.82) is 0 Å². The van der Waals surface area contributed by atoms with Gasteiger partial charge < -0.3 is 10.3 Å². The van der Waals surface area contributed by atoms with Crippen molar-refractivity contribution < 1.29 is 4.79 Å². The van der Waals surface area contributed by atoms with Crippen LogP contribution in [0.25, 0.3) is 0 Å². The molecule has 5 heteroatoms. The lowest BCUT2D eigenvalue weighted by Gasteiger charge is -2.08. The zero-order valence-electron chi connectivity index (χ0n) is 10.9. The first-order chi connectivity index (χ1) is 9.08. The van der Waals surface area contributed by atoms with Crippen LogP contribution in [0.1, 0.15) is 27.2 Å². The molecule has 2 aromatic rings. The highest BCUT2D eigenvalue weighted by atomic mass is 16.1. The molecule has 0 aliphatic rings. The van der Waals surface area contributed by atoms with E-state index in [9.17, 15) is 9.59 Å². The quantitative estimate of drug-likeness (QED) is 0.870. The Hall–Kier alpha value is -2.43. The van der Waals surface area contributed by atoms with Crippen LogP contribution < -0.4 is 10.9 Å². The topological polar surface area (TPSA) is 74.8 Å². The highest BCUT2D eigenvalue weighted by Crippen LogP contribution is 2.04. The second-order valence-corrected chi connectivity index (χ2v) is 4.36. The van der Waals surface area contributed by atoms with Crippen molar-refractivity contribution in [2.24, 2.45) is 0 Å². The molecule has 5 nitrogen and oxygen atoms in total. The van der Waals surface area contributed by atoms with Gasteiger partial charge in [-0.3, -0.25) is 14.6 Å². The van der Waals surface area contributed by atoms with E-state index in [1.807, 2.05) is 19.9 Å². The Bertz CT molecular complexity index is 647. The first kappa shape index (κ1) is 13.0. The number of amides is 1. The molecule has 98 valence electrons. The molecule has 0 radical (unpaired) electrons. The molecule has 0 aromatic carbocycles. The molecule has 0 bridgehead atoms. The second-order valence-electron chi connectivity index (χ2n) is 4.36. The van der Waals surface area contributed by atoms with Gasteiger partial charge in [-0.1, -0.05) is 0 Å². The second kappa shape index (κ2) is 5.48. The van der Waals surface area contributed by atoms with E-state index in [2.05, 4.69) is 15.3 Å². The number of aromatic amines is 1. The summed E-state index contributed by atoms with van der Waals surface area (Å²) in [4.78, 5) is 30.2. The monoisotopic (exact) mass is 257 g/mol. The lowest BCUT2D eigenvalue weighted by atomic mass is 10.1. The van der Waals surface area contributed by atoms with E-state index in [4.69, 9.17) is 0 Å². The van der Waals surface area contributed by atoms with Crippen LogP contribution in [-0.2, 0) is 6.54 Å². The number of carbonyl (C=O) groups excluding carboxylic acids is 1. The Kier molecular flexibility index (Phi) is 3.75. The van der Waals surface area contributed by atoms with Crippen LogP contribution in [0.5, 0.6) is 0 Å². The first-order valence-electron chi connectivity index (χ1n) is 5.95. The van der Waals surface area contributed by atoms with Crippen LogP contribution in [0.2, 0.25) is 0 Å². The van der Waals surface area contributed by atoms with Crippen molar-refractivity contribution in [3.05, 3.63) is 63.3 Å². The molecule has 0 aliphatic heterocycles. The minimum absolute atomic E-state index is 0.160. The highest BCUT2D eigenvalue weighted by Gasteiger charge is 2.08. The largest absolute Gasteiger partial charge is 0.348 e. The van der Waals surface area contributed by atoms with Crippen molar-refractivity contribution >= 4 is 5.91 Å². The van der Waals surface area contributed by atoms with E-state index in [0.717, 1.165) is 11.3 Å². The molecule has 2 aromatic heterocycles. The molecular formula is C14H15N3O2. The van der Waals surface area contributed by atoms with E-state index in [0.29, 0.717) is 11.1 Å². The lowest BCUT2D eigenvalue weighted by Crippen LogP contribution is -2.27. The molecule has 0 aliphatic carbocycles. The highest BCUT2D eigenvalue weighted by molar-refractivity contribution is 5.93. The average molecular weight is 257 g/mol. The third kappa shape index (κ3) is 3.07. The summed E-state index contributed by atoms with van der Waals surface area (Å²) >= 11 is 0. The maximum atomic E-state index is 11.9. The summed E-state index contributed by atoms with van der Waals surface area (Å²) in [6.45, 7) is 3.90. The number of aryl methyl sites for hydroxylation is 2. The summed E-state index contributed by atoms with van der Waals surface area (Å²) in [6, 6.07) is 5.14. The van der Waals surface area contributed by atoms with E-state index < -0.39 is 0 Å². The Balaban J connectivity index is 2.12. The summed E-state index contributed by atoms with van der Waals surface area (Å²) in [5, 5.41) is 2.73. The van der Waals surface area contributed by atoms with Gasteiger partial charge in [0.1, 0.15) is 0 Å². The van der Waals surface area contributed by atoms with Crippen LogP contribution in [0.4, 0.5) is 0 Å². The smallest absolute Gasteiger partial charge is 0.253 e. The van der Waals surface area contributed by atoms with E-state index in [-0.39, 0.29) is 18.0 Å². The number of nitrogens with zero attached hydrogens (tertiary/aromatic N) is 1. The summed E-state index contributed by atoms with van der Waals surface area (Å²) < 4.78 is 0. The van der Waals surface area contributed by atoms with Crippen LogP contribution in [0.3, 0.4) is 0 Å². The van der Waals surface area contributed by atoms with Crippen LogP contribution in [0.15, 0.2) is 35.4 Å². The minimum Gasteiger partial charge on any atom is -0.348 e. The molecule has 1 amide bonds. The van der Waals surface area contributed by atoms with Crippen molar-refractivity contribution in [1.82, 2.24) is 15.3 Å². The number of rotatable bonds is 3. The zero-order chi connectivity index (χ0) is 13.8. The summed E-state index contributed by atoms with van der Waals surface area (Å²) in [5.41, 5.74) is 2.62. The molecule has 0 saturated heterocycles. The fraction of sp³-hybridized carbons (Fsp3) is 0.214. The van der Waals surface area contributed by atoms with Crippen molar-refractivity contribution in [3.8, 4) is 0 Å². The number of aromatic nitrogens is 2. The predicted molar refractivity (Wildman–Crippen MR) is 71.9 cm³/mol. The number of hydrogen-bond acceptors (Lipinski definition) is 3. The first-order valence-corrected chi connectivity index (χ1v) is 5.95. The number of carbonyl (C=O) groups is 1. The minimum atomic E-state index is -0.221. The van der Waals surface area contributed by atoms with Gasteiger partial charge in [-0.25, -0.2) is 0 Å². The number of pyridine rings is 2. The van der Waals surface area contributed by atoms with E-state index >= 15 is 0 Å². The number of nitrogens with one attached hydrogen (secondary N) is 2. The summed E-state index contributed by atoms with van der Waals surface area (Å²) in [6.07, 6.45) is 3.11. The van der Waals surface area contributed by atoms with Crippen molar-refractivity contribution in [2.45, 2.75) is 20.4 Å². The molecular weight excluding hydrogens is 242 g/mol. The average Bonchev–Trinajstić information content (AvgIpc) is 2.38. The van der Waals surface area contributed by atoms with Gasteiger partial charge in [0.2, 0.25) is 0 Å². The fourth-order valence-corrected chi connectivity index (χ4v) is 1.88. The standard InChI is InChI=1S/C14H15N3O2/c1-9-7-10(2)17-14(19)12(9)8-16-13(18)11-3-5-15-6-4-11/h3-7H,8H2,1-2H3,(H,16,18)(H,17,19). The van der Waals surface area contributed by atoms with E-state index in [1.165, 1.54) is 0 Å². The van der Waals surface area contributed by atoms with Crippen LogP contribution in [0, 0.1) is 13.8 Å². The Morgan fingerprint density at radius 3 is 2.63 bits per heavy atom. The van der Waals surface area contributed by atoms with E-state index in [1.54, 1.807) is 24.5 Å². The molecule has 19 heavy (non-hydrogen) atoms. The molecule has 2 rings (SSSR count). The normalized spacial score (nSPS) is 10.2. The third-order valence-corrected chi connectivity index (χ3v) is 2.86. The third-order valence-electron chi connectivity index (χ3n) is 2.86. The number of H-pyrrole nitrogens is 1. The van der Waals surface area contributed by atoms with Gasteiger partial charge in [0, 0.05) is 35.8 Å².